The molecule has 4 bridgehead atoms. The molecule has 2 aromatic carbocycles. The van der Waals surface area contributed by atoms with Crippen LogP contribution in [0.15, 0.2) is 49.1 Å². The van der Waals surface area contributed by atoms with Crippen LogP contribution >= 0.6 is 0 Å². The summed E-state index contributed by atoms with van der Waals surface area (Å²) >= 11 is 0. The molecule has 64 heavy (non-hydrogen) atoms. The minimum atomic E-state index is -0.676. The van der Waals surface area contributed by atoms with Gasteiger partial charge in [0.1, 0.15) is 34.8 Å². The summed E-state index contributed by atoms with van der Waals surface area (Å²) in [7, 11) is 2.90. The van der Waals surface area contributed by atoms with Crippen molar-refractivity contribution in [1.82, 2.24) is 40.4 Å². The van der Waals surface area contributed by atoms with E-state index >= 15 is 0 Å². The molecule has 338 valence electrons. The van der Waals surface area contributed by atoms with Crippen LogP contribution in [0, 0.1) is 23.7 Å². The highest BCUT2D eigenvalue weighted by molar-refractivity contribution is 5.87. The summed E-state index contributed by atoms with van der Waals surface area (Å²) in [5.74, 6) is 2.98. The predicted octanol–water partition coefficient (Wildman–Crippen LogP) is 7.90. The first kappa shape index (κ1) is 42.4. The molecule has 4 fully saturated rings. The molecule has 4 aliphatic carbocycles. The quantitative estimate of drug-likeness (QED) is 0.0989. The number of piperidine rings is 2. The predicted molar refractivity (Wildman–Crippen MR) is 245 cm³/mol. The number of imidazole rings is 2. The maximum absolute atomic E-state index is 14.3. The summed E-state index contributed by atoms with van der Waals surface area (Å²) in [4.78, 5) is 62.4. The van der Waals surface area contributed by atoms with Crippen molar-refractivity contribution in [2.75, 3.05) is 27.3 Å². The molecule has 2 aliphatic heterocycles. The Balaban J connectivity index is 0.932. The number of H-pyrrole nitrogens is 2. The number of nitrogens with one attached hydrogen (secondary N) is 4. The van der Waals surface area contributed by atoms with E-state index in [1.54, 1.807) is 7.11 Å². The molecule has 2 aromatic heterocycles. The van der Waals surface area contributed by atoms with Crippen LogP contribution in [0.4, 0.5) is 4.79 Å². The van der Waals surface area contributed by atoms with Crippen molar-refractivity contribution in [3.05, 3.63) is 83.0 Å². The van der Waals surface area contributed by atoms with Gasteiger partial charge in [-0.1, -0.05) is 52.0 Å². The van der Waals surface area contributed by atoms with Crippen molar-refractivity contribution in [2.45, 2.75) is 128 Å². The Labute approximate surface area is 376 Å². The molecule has 4 N–H and O–H groups in total. The lowest BCUT2D eigenvalue weighted by Crippen LogP contribution is -2.56. The fourth-order valence-corrected chi connectivity index (χ4v) is 12.8. The molecule has 6 aliphatic rings. The molecule has 10 rings (SSSR count). The van der Waals surface area contributed by atoms with E-state index < -0.39 is 29.3 Å². The van der Waals surface area contributed by atoms with E-state index in [0.717, 1.165) is 107 Å². The van der Waals surface area contributed by atoms with Crippen molar-refractivity contribution in [1.29, 1.82) is 0 Å². The van der Waals surface area contributed by atoms with Crippen molar-refractivity contribution >= 4 is 17.9 Å². The molecular weight excluding hydrogens is 805 g/mol. The summed E-state index contributed by atoms with van der Waals surface area (Å²) in [6.45, 7) is 13.4. The van der Waals surface area contributed by atoms with Crippen LogP contribution in [-0.2, 0) is 55.8 Å². The van der Waals surface area contributed by atoms with Gasteiger partial charge in [0.2, 0.25) is 11.8 Å². The van der Waals surface area contributed by atoms with Gasteiger partial charge < -0.3 is 39.9 Å². The molecule has 13 heteroatoms. The zero-order valence-corrected chi connectivity index (χ0v) is 38.4. The van der Waals surface area contributed by atoms with Crippen molar-refractivity contribution in [3.63, 3.8) is 0 Å². The smallest absolute Gasteiger partial charge is 0.407 e. The van der Waals surface area contributed by atoms with Gasteiger partial charge in [-0.15, -0.1) is 0 Å². The highest BCUT2D eigenvalue weighted by Crippen LogP contribution is 2.54. The third-order valence-corrected chi connectivity index (χ3v) is 16.0. The minimum Gasteiger partial charge on any atom is -0.483 e. The molecule has 0 unspecified atom stereocenters. The van der Waals surface area contributed by atoms with Crippen LogP contribution < -0.4 is 10.6 Å². The van der Waals surface area contributed by atoms with Crippen LogP contribution in [0.3, 0.4) is 0 Å². The number of aromatic nitrogens is 4. The lowest BCUT2D eigenvalue weighted by Gasteiger charge is -2.40. The van der Waals surface area contributed by atoms with Gasteiger partial charge >= 0.3 is 6.09 Å². The largest absolute Gasteiger partial charge is 0.483 e. The normalized spacial score (nSPS) is 24.9. The Morgan fingerprint density at radius 1 is 0.672 bits per heavy atom. The number of rotatable bonds is 13. The number of hydrogen-bond acceptors (Lipinski definition) is 8. The summed E-state index contributed by atoms with van der Waals surface area (Å²) < 4.78 is 10.2. The first-order chi connectivity index (χ1) is 30.8. The second-order valence-electron chi connectivity index (χ2n) is 20.3. The Morgan fingerprint density at radius 3 is 1.50 bits per heavy atom. The monoisotopic (exact) mass is 868 g/mol. The Hall–Kier alpha value is -5.59. The molecule has 0 radical (unpaired) electrons. The van der Waals surface area contributed by atoms with Crippen molar-refractivity contribution in [2.24, 2.45) is 23.7 Å². The number of benzene rings is 2. The van der Waals surface area contributed by atoms with Gasteiger partial charge in [-0.05, 0) is 141 Å². The number of ether oxygens (including phenoxy) is 2. The molecule has 6 atom stereocenters. The van der Waals surface area contributed by atoms with Gasteiger partial charge in [-0.2, -0.15) is 0 Å². The zero-order chi connectivity index (χ0) is 44.7. The summed E-state index contributed by atoms with van der Waals surface area (Å²) in [5.41, 5.74) is 11.7. The fourth-order valence-electron chi connectivity index (χ4n) is 12.8. The van der Waals surface area contributed by atoms with Crippen LogP contribution in [0.5, 0.6) is 0 Å². The maximum Gasteiger partial charge on any atom is 0.407 e. The second-order valence-corrected chi connectivity index (χ2v) is 20.3. The van der Waals surface area contributed by atoms with Gasteiger partial charge in [-0.25, -0.2) is 14.8 Å². The van der Waals surface area contributed by atoms with Crippen molar-refractivity contribution in [3.8, 4) is 33.6 Å². The van der Waals surface area contributed by atoms with Gasteiger partial charge in [0, 0.05) is 24.2 Å². The first-order valence-electron chi connectivity index (χ1n) is 23.7. The zero-order valence-electron chi connectivity index (χ0n) is 38.4. The lowest BCUT2D eigenvalue weighted by molar-refractivity contribution is -0.141. The number of carbonyl (C=O) groups is 3. The third-order valence-electron chi connectivity index (χ3n) is 16.0. The average Bonchev–Trinajstić information content (AvgIpc) is 4.15. The van der Waals surface area contributed by atoms with E-state index in [1.807, 2.05) is 31.1 Å². The van der Waals surface area contributed by atoms with Crippen LogP contribution in [0.1, 0.15) is 113 Å². The average molecular weight is 869 g/mol. The number of likely N-dealkylation sites (tertiary alicyclic amines) is 2. The summed E-state index contributed by atoms with van der Waals surface area (Å²) in [5, 5.41) is 6.04. The van der Waals surface area contributed by atoms with Crippen LogP contribution in [0.25, 0.3) is 33.6 Å². The summed E-state index contributed by atoms with van der Waals surface area (Å²) in [6, 6.07) is 8.12. The number of carbonyl (C=O) groups excluding carboxylic acids is 3. The highest BCUT2D eigenvalue weighted by Gasteiger charge is 2.58. The standard InChI is InChI=1S/C51H64N8O5/c1-28(2)43(54-30(5)63-6)45(60)58-26-31-18-20-50(58,22-31)47-52-24-41(55-47)39-16-14-37(33-10-8-12-35(33)39)38-15-17-40(36-13-9-11-34(36)38)42-25-53-48(56-42)51-21-19-32(23-51)27-59(51)46(61)44(29(3)4)57-49(62)64-7/h14-17,24-25,28-29,31-32,43-44,54H,5,8-13,18-23,26-27H2,1-4,6-7H3,(H,52,55)(H,53,56)(H,57,62)/t31-,32-,43-,44-,50-,51-/m0/s1. The van der Waals surface area contributed by atoms with Crippen molar-refractivity contribution < 1.29 is 23.9 Å². The van der Waals surface area contributed by atoms with E-state index in [9.17, 15) is 14.4 Å². The minimum absolute atomic E-state index is 0.0592. The number of aromatic amines is 2. The highest BCUT2D eigenvalue weighted by atomic mass is 16.5. The van der Waals surface area contributed by atoms with E-state index in [-0.39, 0.29) is 23.7 Å². The molecule has 4 aromatic rings. The topological polar surface area (TPSA) is 158 Å². The molecule has 2 saturated heterocycles. The molecule has 13 nitrogen and oxygen atoms in total. The van der Waals surface area contributed by atoms with Gasteiger partial charge in [-0.3, -0.25) is 9.59 Å². The van der Waals surface area contributed by atoms with Crippen LogP contribution in [-0.4, -0.2) is 87.0 Å². The number of amides is 3. The number of hydrogen-bond donors (Lipinski definition) is 4. The van der Waals surface area contributed by atoms with E-state index in [4.69, 9.17) is 19.4 Å². The fraction of sp³-hybridized carbons (Fsp3) is 0.549. The number of nitrogens with zero attached hydrogens (tertiary/aromatic N) is 4. The van der Waals surface area contributed by atoms with Gasteiger partial charge in [0.05, 0.1) is 38.0 Å². The lowest BCUT2D eigenvalue weighted by atomic mass is 9.87. The maximum atomic E-state index is 14.3. The second kappa shape index (κ2) is 16.1. The number of alkyl carbamates (subject to hydrolysis) is 1. The van der Waals surface area contributed by atoms with Gasteiger partial charge in [0.25, 0.3) is 0 Å². The SMILES string of the molecule is C=C(N[C@H](C(=O)N1C[C@H]2CC[C@@]1(c1ncc(-c3ccc(-c4ccc(-c5cnc([C@@]67CC[C@H](CN6C(=O)[C@@H](NC(=O)OC)C(C)C)C7)[nH]5)c5c4CCC5)c4c3CCC4)[nH]1)C2)C(C)C)OC. The number of fused-ring (bicyclic) bond motifs is 6. The van der Waals surface area contributed by atoms with Gasteiger partial charge in [0.15, 0.2) is 5.88 Å². The molecule has 0 spiro atoms. The molecular formula is C51H64N8O5. The van der Waals surface area contributed by atoms with E-state index in [2.05, 4.69) is 70.2 Å². The Morgan fingerprint density at radius 2 is 1.09 bits per heavy atom. The Bertz CT molecular complexity index is 2350. The molecule has 4 heterocycles. The van der Waals surface area contributed by atoms with E-state index in [1.165, 1.54) is 51.6 Å². The number of methoxy groups -OCH3 is 2. The first-order valence-corrected chi connectivity index (χ1v) is 23.7. The Kier molecular flexibility index (Phi) is 10.7. The van der Waals surface area contributed by atoms with E-state index in [0.29, 0.717) is 24.3 Å². The third kappa shape index (κ3) is 6.73. The van der Waals surface area contributed by atoms with Crippen LogP contribution in [0.2, 0.25) is 0 Å². The summed E-state index contributed by atoms with van der Waals surface area (Å²) in [6.07, 6.45) is 15.4. The molecule has 2 saturated carbocycles. The molecule has 3 amide bonds.